The molecule has 0 amide bonds. The molecule has 7 aromatic rings. The summed E-state index contributed by atoms with van der Waals surface area (Å²) >= 11 is 0. The minimum Gasteiger partial charge on any atom is -0.456 e. The molecule has 6 aromatic carbocycles. The van der Waals surface area contributed by atoms with Gasteiger partial charge in [-0.15, -0.1) is 0 Å². The quantitative estimate of drug-likeness (QED) is 0.248. The average Bonchev–Trinajstić information content (AvgIpc) is 3.44. The summed E-state index contributed by atoms with van der Waals surface area (Å²) in [5.74, 6) is 1.47. The molecule has 0 saturated carbocycles. The van der Waals surface area contributed by atoms with E-state index >= 15 is 0 Å². The summed E-state index contributed by atoms with van der Waals surface area (Å²) in [6.07, 6.45) is -0.309. The van der Waals surface area contributed by atoms with Crippen molar-refractivity contribution in [1.82, 2.24) is 5.32 Å². The summed E-state index contributed by atoms with van der Waals surface area (Å²) in [6.45, 7) is 0. The molecule has 4 nitrogen and oxygen atoms in total. The normalized spacial score (nSPS) is 15.1. The highest BCUT2D eigenvalue weighted by Gasteiger charge is 2.24. The molecule has 1 atom stereocenters. The lowest BCUT2D eigenvalue weighted by molar-refractivity contribution is 0.668. The van der Waals surface area contributed by atoms with E-state index in [1.807, 2.05) is 36.4 Å². The topological polar surface area (TPSA) is 49.9 Å². The number of nitrogens with one attached hydrogen (secondary N) is 1. The smallest absolute Gasteiger partial charge is 0.160 e. The van der Waals surface area contributed by atoms with Gasteiger partial charge < -0.3 is 9.73 Å². The Labute approximate surface area is 237 Å². The van der Waals surface area contributed by atoms with Gasteiger partial charge in [-0.1, -0.05) is 115 Å². The summed E-state index contributed by atoms with van der Waals surface area (Å²) in [5.41, 5.74) is 7.04. The van der Waals surface area contributed by atoms with Gasteiger partial charge in [0.15, 0.2) is 5.84 Å². The predicted octanol–water partition coefficient (Wildman–Crippen LogP) is 8.90. The van der Waals surface area contributed by atoms with Gasteiger partial charge in [-0.2, -0.15) is 0 Å². The van der Waals surface area contributed by atoms with Crippen LogP contribution < -0.4 is 5.32 Å². The predicted molar refractivity (Wildman–Crippen MR) is 168 cm³/mol. The second-order valence-corrected chi connectivity index (χ2v) is 10.3. The van der Waals surface area contributed by atoms with E-state index in [1.165, 1.54) is 16.3 Å². The van der Waals surface area contributed by atoms with Gasteiger partial charge >= 0.3 is 0 Å². The molecule has 41 heavy (non-hydrogen) atoms. The van der Waals surface area contributed by atoms with Crippen molar-refractivity contribution in [2.75, 3.05) is 0 Å². The standard InChI is InChI=1S/C37H25N3O/c1-2-10-24(11-3-1)27-14-8-15-28(22-27)35-38-36(29-21-20-25-12-4-5-13-26(25)23-29)40-37(39-35)31-17-9-19-33-34(31)30-16-6-7-18-32(30)41-33/h1-23,36H,(H,38,39,40). The van der Waals surface area contributed by atoms with Crippen molar-refractivity contribution in [2.45, 2.75) is 6.17 Å². The molecule has 1 N–H and O–H groups in total. The maximum atomic E-state index is 6.20. The van der Waals surface area contributed by atoms with Crippen molar-refractivity contribution in [2.24, 2.45) is 9.98 Å². The average molecular weight is 528 g/mol. The van der Waals surface area contributed by atoms with Gasteiger partial charge in [0.1, 0.15) is 23.2 Å². The highest BCUT2D eigenvalue weighted by molar-refractivity contribution is 6.22. The zero-order chi connectivity index (χ0) is 27.2. The maximum absolute atomic E-state index is 6.20. The van der Waals surface area contributed by atoms with E-state index in [9.17, 15) is 0 Å². The Morgan fingerprint density at radius 3 is 2.22 bits per heavy atom. The molecule has 1 aromatic heterocycles. The van der Waals surface area contributed by atoms with Crippen molar-refractivity contribution < 1.29 is 4.42 Å². The number of rotatable bonds is 4. The van der Waals surface area contributed by atoms with Gasteiger partial charge in [0.05, 0.1) is 0 Å². The van der Waals surface area contributed by atoms with Gasteiger partial charge in [-0.25, -0.2) is 9.98 Å². The van der Waals surface area contributed by atoms with E-state index in [-0.39, 0.29) is 6.17 Å². The van der Waals surface area contributed by atoms with Gasteiger partial charge in [-0.05, 0) is 51.7 Å². The van der Waals surface area contributed by atoms with Crippen molar-refractivity contribution in [3.63, 3.8) is 0 Å². The molecule has 0 saturated heterocycles. The van der Waals surface area contributed by atoms with E-state index in [2.05, 4.69) is 108 Å². The molecule has 1 aliphatic heterocycles. The van der Waals surface area contributed by atoms with Crippen LogP contribution in [-0.2, 0) is 0 Å². The zero-order valence-corrected chi connectivity index (χ0v) is 22.2. The van der Waals surface area contributed by atoms with E-state index in [4.69, 9.17) is 14.4 Å². The number of benzene rings is 6. The van der Waals surface area contributed by atoms with Crippen LogP contribution in [-0.4, -0.2) is 11.7 Å². The van der Waals surface area contributed by atoms with Crippen LogP contribution in [0, 0.1) is 0 Å². The van der Waals surface area contributed by atoms with Gasteiger partial charge in [0, 0.05) is 21.9 Å². The molecule has 0 fully saturated rings. The molecule has 0 radical (unpaired) electrons. The van der Waals surface area contributed by atoms with Crippen LogP contribution in [0.4, 0.5) is 0 Å². The summed E-state index contributed by atoms with van der Waals surface area (Å²) in [5, 5.41) is 8.12. The number of amidine groups is 2. The molecule has 1 aliphatic rings. The van der Waals surface area contributed by atoms with E-state index in [0.717, 1.165) is 50.0 Å². The van der Waals surface area contributed by atoms with E-state index in [0.29, 0.717) is 5.84 Å². The fourth-order valence-corrected chi connectivity index (χ4v) is 5.70. The molecule has 1 unspecified atom stereocenters. The van der Waals surface area contributed by atoms with Crippen LogP contribution in [0.3, 0.4) is 0 Å². The summed E-state index contributed by atoms with van der Waals surface area (Å²) < 4.78 is 6.20. The number of nitrogens with zero attached hydrogens (tertiary/aromatic N) is 2. The van der Waals surface area contributed by atoms with Crippen molar-refractivity contribution in [3.05, 3.63) is 156 Å². The molecule has 194 valence electrons. The SMILES string of the molecule is c1ccc(-c2cccc(C3=NC(c4cccc5oc6ccccc6c45)=NC(c4ccc5ccccc5c4)N3)c2)cc1. The number of hydrogen-bond acceptors (Lipinski definition) is 4. The number of fused-ring (bicyclic) bond motifs is 4. The lowest BCUT2D eigenvalue weighted by Gasteiger charge is -2.24. The third kappa shape index (κ3) is 4.17. The van der Waals surface area contributed by atoms with Crippen molar-refractivity contribution in [1.29, 1.82) is 0 Å². The molecule has 4 heteroatoms. The minimum atomic E-state index is -0.309. The Hall–Kier alpha value is -5.48. The number of para-hydroxylation sites is 1. The van der Waals surface area contributed by atoms with Crippen molar-refractivity contribution in [3.8, 4) is 11.1 Å². The fourth-order valence-electron chi connectivity index (χ4n) is 5.70. The van der Waals surface area contributed by atoms with Crippen LogP contribution in [0.25, 0.3) is 43.8 Å². The highest BCUT2D eigenvalue weighted by atomic mass is 16.3. The summed E-state index contributed by atoms with van der Waals surface area (Å²) in [4.78, 5) is 10.3. The monoisotopic (exact) mass is 527 g/mol. The van der Waals surface area contributed by atoms with E-state index in [1.54, 1.807) is 0 Å². The van der Waals surface area contributed by atoms with Crippen LogP contribution in [0.15, 0.2) is 154 Å². The number of aliphatic imine (C=N–C) groups is 2. The zero-order valence-electron chi connectivity index (χ0n) is 22.2. The second-order valence-electron chi connectivity index (χ2n) is 10.3. The van der Waals surface area contributed by atoms with Gasteiger partial charge in [0.25, 0.3) is 0 Å². The second kappa shape index (κ2) is 9.61. The molecule has 8 rings (SSSR count). The summed E-state index contributed by atoms with van der Waals surface area (Å²) in [7, 11) is 0. The Morgan fingerprint density at radius 2 is 1.29 bits per heavy atom. The maximum Gasteiger partial charge on any atom is 0.160 e. The molecule has 0 bridgehead atoms. The molecule has 2 heterocycles. The van der Waals surface area contributed by atoms with Crippen LogP contribution in [0.1, 0.15) is 22.9 Å². The van der Waals surface area contributed by atoms with Gasteiger partial charge in [-0.3, -0.25) is 0 Å². The number of furan rings is 1. The first kappa shape index (κ1) is 23.4. The minimum absolute atomic E-state index is 0.309. The first-order valence-corrected chi connectivity index (χ1v) is 13.8. The first-order valence-electron chi connectivity index (χ1n) is 13.8. The number of hydrogen-bond donors (Lipinski definition) is 1. The summed E-state index contributed by atoms with van der Waals surface area (Å²) in [6, 6.07) is 48.1. The Bertz CT molecular complexity index is 2140. The van der Waals surface area contributed by atoms with Crippen LogP contribution >= 0.6 is 0 Å². The Balaban J connectivity index is 1.31. The molecule has 0 spiro atoms. The lowest BCUT2D eigenvalue weighted by Crippen LogP contribution is -2.33. The first-order chi connectivity index (χ1) is 20.3. The molecule has 0 aliphatic carbocycles. The third-order valence-corrected chi connectivity index (χ3v) is 7.72. The van der Waals surface area contributed by atoms with E-state index < -0.39 is 0 Å². The molecular weight excluding hydrogens is 502 g/mol. The van der Waals surface area contributed by atoms with Crippen LogP contribution in [0.2, 0.25) is 0 Å². The van der Waals surface area contributed by atoms with Crippen molar-refractivity contribution >= 4 is 44.4 Å². The Kier molecular flexibility index (Phi) is 5.49. The largest absolute Gasteiger partial charge is 0.456 e. The van der Waals surface area contributed by atoms with Gasteiger partial charge in [0.2, 0.25) is 0 Å². The highest BCUT2D eigenvalue weighted by Crippen LogP contribution is 2.34. The third-order valence-electron chi connectivity index (χ3n) is 7.72. The Morgan fingerprint density at radius 1 is 0.561 bits per heavy atom. The van der Waals surface area contributed by atoms with Crippen LogP contribution in [0.5, 0.6) is 0 Å². The lowest BCUT2D eigenvalue weighted by atomic mass is 10.0. The fraction of sp³-hybridized carbons (Fsp3) is 0.0270. The molecular formula is C37H25N3O.